The van der Waals surface area contributed by atoms with Crippen molar-refractivity contribution >= 4 is 38.9 Å². The molecule has 79 heavy (non-hydrogen) atoms. The first-order valence-corrected chi connectivity index (χ1v) is 27.8. The van der Waals surface area contributed by atoms with Crippen LogP contribution >= 0.6 is 0 Å². The third-order valence-corrected chi connectivity index (χ3v) is 18.7. The first-order valence-electron chi connectivity index (χ1n) is 27.8. The number of anilines is 3. The summed E-state index contributed by atoms with van der Waals surface area (Å²) in [6.45, 7) is 4.78. The first-order chi connectivity index (χ1) is 39.0. The van der Waals surface area contributed by atoms with Crippen LogP contribution in [0.25, 0.3) is 72.0 Å². The van der Waals surface area contributed by atoms with E-state index in [0.29, 0.717) is 0 Å². The van der Waals surface area contributed by atoms with E-state index in [9.17, 15) is 0 Å². The molecule has 2 heteroatoms. The van der Waals surface area contributed by atoms with Gasteiger partial charge in [-0.1, -0.05) is 244 Å². The molecule has 13 aromatic rings. The SMILES string of the molecule is CC1(C)c2ccccc2-c2ccc(N(c3ccc4c(c3)C(c3ccccc3)(c3ccccc3)c3ccccc3-4)c3ccccc3-c3ccc4c(c3)C3(c5ccccc5-4)c4ccccc4-n4c5ccccc5c5cccc3c54)cc21. The normalized spacial score (nSPS) is 16.0. The standard InChI is InChI=1S/C77H52N2/c1-75(2)63-32-14-9-27-55(63)58-44-41-52(47-68(58)75)78(53-42-45-60-56-28-10-15-33-64(56)76(70(60)48-53,50-22-5-3-6-23-50)51-24-7-4-8-25-51)71-37-18-12-26-54(71)49-40-43-59-57-29-11-16-34-65(57)77(69(59)46-49)66-35-17-20-39-73(66)79-72-38-19-13-30-61(72)62-31-21-36-67(77)74(62)79/h3-48H,1-2H3. The molecule has 1 atom stereocenters. The molecule has 0 radical (unpaired) electrons. The van der Waals surface area contributed by atoms with Gasteiger partial charge in [0.1, 0.15) is 0 Å². The predicted octanol–water partition coefficient (Wildman–Crippen LogP) is 19.3. The van der Waals surface area contributed by atoms with E-state index in [1.807, 2.05) is 0 Å². The first kappa shape index (κ1) is 44.4. The summed E-state index contributed by atoms with van der Waals surface area (Å²) in [5, 5.41) is 2.56. The highest BCUT2D eigenvalue weighted by atomic mass is 15.1. The molecule has 4 aliphatic rings. The molecule has 0 saturated carbocycles. The van der Waals surface area contributed by atoms with Gasteiger partial charge >= 0.3 is 0 Å². The van der Waals surface area contributed by atoms with Gasteiger partial charge in [0.15, 0.2) is 0 Å². The molecule has 1 aliphatic heterocycles. The zero-order chi connectivity index (χ0) is 52.2. The molecule has 1 spiro atoms. The molecule has 0 amide bonds. The van der Waals surface area contributed by atoms with Crippen LogP contribution < -0.4 is 4.90 Å². The van der Waals surface area contributed by atoms with Gasteiger partial charge in [-0.2, -0.15) is 0 Å². The molecule has 370 valence electrons. The maximum Gasteiger partial charge on any atom is 0.0754 e. The second-order valence-corrected chi connectivity index (χ2v) is 22.6. The van der Waals surface area contributed by atoms with E-state index >= 15 is 0 Å². The van der Waals surface area contributed by atoms with E-state index in [2.05, 4.69) is 302 Å². The highest BCUT2D eigenvalue weighted by Crippen LogP contribution is 2.63. The third kappa shape index (κ3) is 5.70. The van der Waals surface area contributed by atoms with E-state index in [1.165, 1.54) is 122 Å². The van der Waals surface area contributed by atoms with Crippen LogP contribution in [-0.2, 0) is 16.2 Å². The number of hydrogen-bond acceptors (Lipinski definition) is 1. The summed E-state index contributed by atoms with van der Waals surface area (Å²) < 4.78 is 2.54. The van der Waals surface area contributed by atoms with Crippen molar-refractivity contribution in [2.75, 3.05) is 4.90 Å². The fourth-order valence-electron chi connectivity index (χ4n) is 15.5. The molecule has 2 nitrogen and oxygen atoms in total. The van der Waals surface area contributed by atoms with Gasteiger partial charge < -0.3 is 9.47 Å². The fourth-order valence-corrected chi connectivity index (χ4v) is 15.5. The number of aromatic nitrogens is 1. The van der Waals surface area contributed by atoms with Crippen LogP contribution in [0.3, 0.4) is 0 Å². The lowest BCUT2D eigenvalue weighted by Gasteiger charge is -2.39. The Hall–Kier alpha value is -9.76. The van der Waals surface area contributed by atoms with Crippen LogP contribution in [0.5, 0.6) is 0 Å². The summed E-state index contributed by atoms with van der Waals surface area (Å²) in [6.07, 6.45) is 0. The summed E-state index contributed by atoms with van der Waals surface area (Å²) in [6, 6.07) is 106. The Balaban J connectivity index is 0.929. The lowest BCUT2D eigenvalue weighted by molar-refractivity contribution is 0.660. The van der Waals surface area contributed by atoms with E-state index in [1.54, 1.807) is 0 Å². The molecule has 0 fully saturated rings. The Labute approximate surface area is 460 Å². The van der Waals surface area contributed by atoms with E-state index < -0.39 is 10.8 Å². The molecule has 1 aromatic heterocycles. The molecular weight excluding hydrogens is 953 g/mol. The van der Waals surface area contributed by atoms with Gasteiger partial charge in [0.05, 0.1) is 33.2 Å². The molecule has 12 aromatic carbocycles. The molecular formula is C77H52N2. The molecule has 2 heterocycles. The Bertz CT molecular complexity index is 4670. The molecule has 1 unspecified atom stereocenters. The molecule has 0 bridgehead atoms. The molecule has 0 saturated heterocycles. The Morgan fingerprint density at radius 2 is 0.772 bits per heavy atom. The Morgan fingerprint density at radius 1 is 0.304 bits per heavy atom. The number of fused-ring (bicyclic) bond motifs is 18. The Kier molecular flexibility index (Phi) is 9.07. The number of benzene rings is 12. The van der Waals surface area contributed by atoms with Crippen molar-refractivity contribution in [2.45, 2.75) is 30.1 Å². The minimum Gasteiger partial charge on any atom is -0.310 e. The monoisotopic (exact) mass is 1000 g/mol. The summed E-state index contributed by atoms with van der Waals surface area (Å²) >= 11 is 0. The number of hydrogen-bond donors (Lipinski definition) is 0. The van der Waals surface area contributed by atoms with Gasteiger partial charge in [0, 0.05) is 33.1 Å². The van der Waals surface area contributed by atoms with Crippen LogP contribution in [0.4, 0.5) is 17.1 Å². The molecule has 17 rings (SSSR count). The van der Waals surface area contributed by atoms with Crippen molar-refractivity contribution in [3.8, 4) is 50.2 Å². The molecule has 3 aliphatic carbocycles. The maximum absolute atomic E-state index is 2.56. The highest BCUT2D eigenvalue weighted by molar-refractivity contribution is 6.13. The van der Waals surface area contributed by atoms with Crippen LogP contribution in [-0.4, -0.2) is 4.57 Å². The zero-order valence-electron chi connectivity index (χ0n) is 44.0. The smallest absolute Gasteiger partial charge is 0.0754 e. The van der Waals surface area contributed by atoms with Gasteiger partial charge in [-0.25, -0.2) is 0 Å². The van der Waals surface area contributed by atoms with Crippen molar-refractivity contribution in [2.24, 2.45) is 0 Å². The minimum atomic E-state index is -0.579. The largest absolute Gasteiger partial charge is 0.310 e. The van der Waals surface area contributed by atoms with Crippen molar-refractivity contribution in [1.29, 1.82) is 0 Å². The van der Waals surface area contributed by atoms with Gasteiger partial charge in [-0.3, -0.25) is 0 Å². The van der Waals surface area contributed by atoms with Gasteiger partial charge in [0.2, 0.25) is 0 Å². The van der Waals surface area contributed by atoms with Crippen molar-refractivity contribution in [3.63, 3.8) is 0 Å². The van der Waals surface area contributed by atoms with Crippen LogP contribution in [0.1, 0.15) is 69.5 Å². The van der Waals surface area contributed by atoms with E-state index in [4.69, 9.17) is 0 Å². The van der Waals surface area contributed by atoms with Crippen molar-refractivity contribution in [1.82, 2.24) is 4.57 Å². The number of rotatable bonds is 6. The minimum absolute atomic E-state index is 0.198. The average Bonchev–Trinajstić information content (AvgIpc) is 3.73. The summed E-state index contributed by atoms with van der Waals surface area (Å²) in [5.41, 5.74) is 28.9. The number of para-hydroxylation sites is 4. The topological polar surface area (TPSA) is 8.17 Å². The van der Waals surface area contributed by atoms with Crippen LogP contribution in [0.2, 0.25) is 0 Å². The average molecular weight is 1010 g/mol. The van der Waals surface area contributed by atoms with Gasteiger partial charge in [-0.15, -0.1) is 0 Å². The lowest BCUT2D eigenvalue weighted by Crippen LogP contribution is -2.33. The van der Waals surface area contributed by atoms with E-state index in [0.717, 1.165) is 22.6 Å². The van der Waals surface area contributed by atoms with Crippen LogP contribution in [0.15, 0.2) is 279 Å². The maximum atomic E-state index is 2.56. The summed E-state index contributed by atoms with van der Waals surface area (Å²) in [4.78, 5) is 2.56. The second-order valence-electron chi connectivity index (χ2n) is 22.6. The van der Waals surface area contributed by atoms with Crippen LogP contribution in [0, 0.1) is 0 Å². The predicted molar refractivity (Wildman–Crippen MR) is 327 cm³/mol. The van der Waals surface area contributed by atoms with Gasteiger partial charge in [0.25, 0.3) is 0 Å². The van der Waals surface area contributed by atoms with Crippen molar-refractivity contribution in [3.05, 3.63) is 335 Å². The second kappa shape index (κ2) is 16.1. The van der Waals surface area contributed by atoms with Gasteiger partial charge in [-0.05, 0) is 143 Å². The lowest BCUT2D eigenvalue weighted by atomic mass is 9.65. The number of nitrogens with zero attached hydrogens (tertiary/aromatic N) is 2. The zero-order valence-corrected chi connectivity index (χ0v) is 44.0. The fraction of sp³-hybridized carbons (Fsp3) is 0.0649. The summed E-state index contributed by atoms with van der Waals surface area (Å²) in [5.74, 6) is 0. The highest BCUT2D eigenvalue weighted by Gasteiger charge is 2.51. The molecule has 0 N–H and O–H groups in total. The van der Waals surface area contributed by atoms with E-state index in [-0.39, 0.29) is 5.41 Å². The third-order valence-electron chi connectivity index (χ3n) is 18.7. The van der Waals surface area contributed by atoms with Crippen molar-refractivity contribution < 1.29 is 0 Å². The summed E-state index contributed by atoms with van der Waals surface area (Å²) in [7, 11) is 0. The quantitative estimate of drug-likeness (QED) is 0.161. The Morgan fingerprint density at radius 3 is 1.47 bits per heavy atom.